The van der Waals surface area contributed by atoms with Gasteiger partial charge in [0.1, 0.15) is 6.61 Å². The van der Waals surface area contributed by atoms with Crippen molar-refractivity contribution in [2.24, 2.45) is 0 Å². The molecule has 70 heavy (non-hydrogen) atoms. The highest BCUT2D eigenvalue weighted by atomic mass is 16.6. The van der Waals surface area contributed by atoms with E-state index in [0.717, 1.165) is 77.0 Å². The van der Waals surface area contributed by atoms with E-state index in [-0.39, 0.29) is 25.2 Å². The van der Waals surface area contributed by atoms with Crippen LogP contribution in [0.5, 0.6) is 0 Å². The summed E-state index contributed by atoms with van der Waals surface area (Å²) in [6.07, 6.45) is 78.2. The Hall–Kier alpha value is -2.40. The molecular formula is C65H118O5. The lowest BCUT2D eigenvalue weighted by molar-refractivity contribution is -0.163. The van der Waals surface area contributed by atoms with Crippen molar-refractivity contribution in [3.63, 3.8) is 0 Å². The van der Waals surface area contributed by atoms with Crippen molar-refractivity contribution in [3.05, 3.63) is 60.8 Å². The van der Waals surface area contributed by atoms with Gasteiger partial charge in [0.2, 0.25) is 0 Å². The predicted octanol–water partition coefficient (Wildman–Crippen LogP) is 21.2. The maximum atomic E-state index is 12.9. The van der Waals surface area contributed by atoms with Gasteiger partial charge in [-0.1, -0.05) is 281 Å². The van der Waals surface area contributed by atoms with Crippen molar-refractivity contribution in [2.75, 3.05) is 19.8 Å². The Kier molecular flexibility index (Phi) is 58.8. The maximum Gasteiger partial charge on any atom is 0.306 e. The molecule has 0 bridgehead atoms. The topological polar surface area (TPSA) is 61.8 Å². The summed E-state index contributed by atoms with van der Waals surface area (Å²) in [6, 6.07) is 0. The van der Waals surface area contributed by atoms with Crippen LogP contribution in [0.2, 0.25) is 0 Å². The Bertz CT molecular complexity index is 1200. The third-order valence-electron chi connectivity index (χ3n) is 13.5. The van der Waals surface area contributed by atoms with Gasteiger partial charge in [0.15, 0.2) is 6.10 Å². The number of allylic oxidation sites excluding steroid dienone is 10. The van der Waals surface area contributed by atoms with Gasteiger partial charge < -0.3 is 14.2 Å². The molecule has 0 N–H and O–H groups in total. The van der Waals surface area contributed by atoms with Gasteiger partial charge in [-0.15, -0.1) is 0 Å². The van der Waals surface area contributed by atoms with Gasteiger partial charge in [-0.05, 0) is 83.5 Å². The van der Waals surface area contributed by atoms with Crippen molar-refractivity contribution >= 4 is 11.9 Å². The maximum absolute atomic E-state index is 12.9. The van der Waals surface area contributed by atoms with Crippen LogP contribution in [0.3, 0.4) is 0 Å². The van der Waals surface area contributed by atoms with Gasteiger partial charge in [-0.25, -0.2) is 0 Å². The summed E-state index contributed by atoms with van der Waals surface area (Å²) in [5.74, 6) is -0.396. The normalized spacial score (nSPS) is 12.6. The van der Waals surface area contributed by atoms with Crippen LogP contribution in [0.1, 0.15) is 316 Å². The highest BCUT2D eigenvalue weighted by Gasteiger charge is 2.17. The molecule has 0 heterocycles. The second-order valence-electron chi connectivity index (χ2n) is 20.6. The average molecular weight is 980 g/mol. The van der Waals surface area contributed by atoms with Crippen LogP contribution in [-0.4, -0.2) is 37.9 Å². The molecule has 408 valence electrons. The molecule has 0 saturated carbocycles. The van der Waals surface area contributed by atoms with Crippen LogP contribution in [0.25, 0.3) is 0 Å². The van der Waals surface area contributed by atoms with Crippen LogP contribution >= 0.6 is 0 Å². The molecule has 0 saturated heterocycles. The lowest BCUT2D eigenvalue weighted by Crippen LogP contribution is -2.30. The van der Waals surface area contributed by atoms with Crippen LogP contribution in [0, 0.1) is 0 Å². The summed E-state index contributed by atoms with van der Waals surface area (Å²) in [5, 5.41) is 0. The Morgan fingerprint density at radius 3 is 1.04 bits per heavy atom. The average Bonchev–Trinajstić information content (AvgIpc) is 3.36. The van der Waals surface area contributed by atoms with Gasteiger partial charge in [0.25, 0.3) is 0 Å². The molecule has 0 aromatic carbocycles. The number of carbonyl (C=O) groups excluding carboxylic acids is 2. The molecule has 0 aromatic rings. The van der Waals surface area contributed by atoms with E-state index >= 15 is 0 Å². The molecule has 0 spiro atoms. The number of hydrogen-bond donors (Lipinski definition) is 0. The predicted molar refractivity (Wildman–Crippen MR) is 307 cm³/mol. The van der Waals surface area contributed by atoms with E-state index in [9.17, 15) is 9.59 Å². The summed E-state index contributed by atoms with van der Waals surface area (Å²) in [5.41, 5.74) is 0. The number of esters is 2. The minimum Gasteiger partial charge on any atom is -0.462 e. The van der Waals surface area contributed by atoms with E-state index in [2.05, 4.69) is 81.5 Å². The molecule has 1 unspecified atom stereocenters. The van der Waals surface area contributed by atoms with Crippen LogP contribution in [0.4, 0.5) is 0 Å². The smallest absolute Gasteiger partial charge is 0.306 e. The van der Waals surface area contributed by atoms with E-state index in [1.807, 2.05) is 0 Å². The molecule has 0 aliphatic heterocycles. The molecule has 0 aliphatic carbocycles. The minimum absolute atomic E-state index is 0.0803. The van der Waals surface area contributed by atoms with E-state index in [1.165, 1.54) is 205 Å². The third kappa shape index (κ3) is 58.2. The number of ether oxygens (including phenoxy) is 3. The van der Waals surface area contributed by atoms with Crippen LogP contribution < -0.4 is 0 Å². The van der Waals surface area contributed by atoms with E-state index in [4.69, 9.17) is 14.2 Å². The highest BCUT2D eigenvalue weighted by Crippen LogP contribution is 2.17. The zero-order chi connectivity index (χ0) is 50.6. The van der Waals surface area contributed by atoms with Crippen molar-refractivity contribution in [2.45, 2.75) is 322 Å². The first-order valence-electron chi connectivity index (χ1n) is 30.8. The van der Waals surface area contributed by atoms with Gasteiger partial charge in [-0.2, -0.15) is 0 Å². The number of carbonyl (C=O) groups is 2. The lowest BCUT2D eigenvalue weighted by atomic mass is 10.0. The molecule has 0 aliphatic rings. The lowest BCUT2D eigenvalue weighted by Gasteiger charge is -2.18. The summed E-state index contributed by atoms with van der Waals surface area (Å²) < 4.78 is 17.5. The van der Waals surface area contributed by atoms with E-state index in [0.29, 0.717) is 19.4 Å². The summed E-state index contributed by atoms with van der Waals surface area (Å²) in [7, 11) is 0. The third-order valence-corrected chi connectivity index (χ3v) is 13.5. The second-order valence-corrected chi connectivity index (χ2v) is 20.6. The van der Waals surface area contributed by atoms with Crippen molar-refractivity contribution in [1.82, 2.24) is 0 Å². The Morgan fingerprint density at radius 1 is 0.329 bits per heavy atom. The quantitative estimate of drug-likeness (QED) is 0.0345. The van der Waals surface area contributed by atoms with Gasteiger partial charge in [0.05, 0.1) is 6.61 Å². The molecule has 0 rings (SSSR count). The largest absolute Gasteiger partial charge is 0.462 e. The summed E-state index contributed by atoms with van der Waals surface area (Å²) in [4.78, 5) is 25.6. The number of hydrogen-bond acceptors (Lipinski definition) is 5. The Balaban J connectivity index is 4.26. The fourth-order valence-corrected chi connectivity index (χ4v) is 8.97. The summed E-state index contributed by atoms with van der Waals surface area (Å²) >= 11 is 0. The fourth-order valence-electron chi connectivity index (χ4n) is 8.97. The Labute approximate surface area is 436 Å². The van der Waals surface area contributed by atoms with Crippen molar-refractivity contribution in [3.8, 4) is 0 Å². The van der Waals surface area contributed by atoms with Crippen LogP contribution in [0.15, 0.2) is 60.8 Å². The van der Waals surface area contributed by atoms with Crippen molar-refractivity contribution in [1.29, 1.82) is 0 Å². The molecule has 0 amide bonds. The number of rotatable bonds is 57. The first-order chi connectivity index (χ1) is 34.6. The second kappa shape index (κ2) is 60.9. The van der Waals surface area contributed by atoms with Crippen molar-refractivity contribution < 1.29 is 23.8 Å². The molecule has 5 heteroatoms. The van der Waals surface area contributed by atoms with Crippen LogP contribution in [-0.2, 0) is 23.8 Å². The molecule has 5 nitrogen and oxygen atoms in total. The minimum atomic E-state index is -0.546. The SMILES string of the molecule is CC/C=C\C/C=C\C/C=C\C/C=C\CCCCCCCCCOCC(COC(=O)CCCCCCCCCCCCCCCCCCCCC)OC(=O)CCCCCCC/C=C\CCCCCCCC. The van der Waals surface area contributed by atoms with E-state index < -0.39 is 6.10 Å². The van der Waals surface area contributed by atoms with Gasteiger partial charge in [-0.3, -0.25) is 9.59 Å². The number of unbranched alkanes of at least 4 members (excludes halogenated alkanes) is 36. The van der Waals surface area contributed by atoms with Gasteiger partial charge in [0, 0.05) is 19.4 Å². The zero-order valence-electron chi connectivity index (χ0n) is 47.0. The zero-order valence-corrected chi connectivity index (χ0v) is 47.0. The highest BCUT2D eigenvalue weighted by molar-refractivity contribution is 5.70. The standard InChI is InChI=1S/C65H118O5/c1-4-7-10-13-16-19-22-25-28-30-32-34-36-39-42-45-48-51-54-57-60-68-61-63(70-65(67)59-56-53-50-47-44-41-37-27-24-21-18-15-12-9-6-3)62-69-64(66)58-55-52-49-46-43-40-38-35-33-31-29-26-23-20-17-14-11-8-5-2/h7,10,16,19,25,27-28,32,34,37,63H,4-6,8-9,11-15,17-18,20-24,26,29-31,33,35-36,38-62H2,1-3H3/b10-7-,19-16-,28-25-,34-32-,37-27-. The molecule has 0 radical (unpaired) electrons. The summed E-state index contributed by atoms with van der Waals surface area (Å²) in [6.45, 7) is 7.73. The molecule has 1 atom stereocenters. The first kappa shape index (κ1) is 67.6. The molecule has 0 fully saturated rings. The van der Waals surface area contributed by atoms with Gasteiger partial charge >= 0.3 is 11.9 Å². The Morgan fingerprint density at radius 2 is 0.643 bits per heavy atom. The first-order valence-corrected chi connectivity index (χ1v) is 30.8. The fraction of sp³-hybridized carbons (Fsp3) is 0.815. The monoisotopic (exact) mass is 979 g/mol. The van der Waals surface area contributed by atoms with E-state index in [1.54, 1.807) is 0 Å². The molecular weight excluding hydrogens is 861 g/mol. The molecule has 0 aromatic heterocycles.